The van der Waals surface area contributed by atoms with Gasteiger partial charge in [0.1, 0.15) is 11.4 Å². The van der Waals surface area contributed by atoms with E-state index in [0.717, 1.165) is 31.9 Å². The maximum atomic E-state index is 13.7. The number of aryl methyl sites for hydroxylation is 2. The Morgan fingerprint density at radius 3 is 2.38 bits per heavy atom. The molecule has 0 spiro atoms. The van der Waals surface area contributed by atoms with Crippen LogP contribution in [0.3, 0.4) is 0 Å². The molecule has 1 aromatic heterocycles. The molecule has 3 rings (SSSR count). The highest BCUT2D eigenvalue weighted by Crippen LogP contribution is 2.17. The van der Waals surface area contributed by atoms with Gasteiger partial charge in [0, 0.05) is 31.9 Å². The van der Waals surface area contributed by atoms with Gasteiger partial charge in [0.25, 0.3) is 0 Å². The topological polar surface area (TPSA) is 95.6 Å². The zero-order valence-corrected chi connectivity index (χ0v) is 19.3. The van der Waals surface area contributed by atoms with Crippen LogP contribution in [-0.2, 0) is 4.74 Å². The van der Waals surface area contributed by atoms with Crippen molar-refractivity contribution in [2.24, 2.45) is 0 Å². The van der Waals surface area contributed by atoms with Gasteiger partial charge >= 0.3 is 12.1 Å². The maximum absolute atomic E-state index is 13.7. The van der Waals surface area contributed by atoms with Gasteiger partial charge in [-0.15, -0.1) is 0 Å². The van der Waals surface area contributed by atoms with Crippen molar-refractivity contribution in [3.05, 3.63) is 53.6 Å². The zero-order valence-electron chi connectivity index (χ0n) is 19.3. The van der Waals surface area contributed by atoms with Crippen molar-refractivity contribution in [3.8, 4) is 0 Å². The summed E-state index contributed by atoms with van der Waals surface area (Å²) in [7, 11) is 0. The summed E-state index contributed by atoms with van der Waals surface area (Å²) in [6.07, 6.45) is 1.34. The van der Waals surface area contributed by atoms with Crippen molar-refractivity contribution in [1.82, 2.24) is 15.2 Å². The van der Waals surface area contributed by atoms with Crippen LogP contribution >= 0.6 is 0 Å². The Kier molecular flexibility index (Phi) is 8.95. The number of pyridine rings is 1. The van der Waals surface area contributed by atoms with Gasteiger partial charge in [0.2, 0.25) is 0 Å². The molecule has 1 aromatic carbocycles. The van der Waals surface area contributed by atoms with E-state index in [1.54, 1.807) is 42.3 Å². The number of aromatic nitrogens is 1. The Bertz CT molecular complexity index is 907. The molecule has 0 saturated carbocycles. The van der Waals surface area contributed by atoms with Crippen LogP contribution in [0, 0.1) is 19.7 Å². The van der Waals surface area contributed by atoms with Crippen molar-refractivity contribution < 1.29 is 18.7 Å². The monoisotopic (exact) mass is 445 g/mol. The van der Waals surface area contributed by atoms with Gasteiger partial charge in [-0.25, -0.2) is 14.0 Å². The number of hydrogen-bond donors (Lipinski definition) is 3. The van der Waals surface area contributed by atoms with Crippen LogP contribution in [0.15, 0.2) is 36.5 Å². The molecule has 3 N–H and O–H groups in total. The summed E-state index contributed by atoms with van der Waals surface area (Å²) in [5.74, 6) is -0.431. The standard InChI is InChI=1S/C14H14FN3O.C9H18N2O2/c1-9-4-3-5-12(13(9)15)18-14(19)17-11-7-6-10(2)16-8-11;1-9(2,3)13-8(12)11-6-4-10-5-7-11/h3-8H,1-2H3,(H2,17,18,19);10H,4-7H2,1-3H3. The lowest BCUT2D eigenvalue weighted by Gasteiger charge is -2.30. The minimum Gasteiger partial charge on any atom is -0.444 e. The minimum atomic E-state index is -0.504. The van der Waals surface area contributed by atoms with E-state index >= 15 is 0 Å². The van der Waals surface area contributed by atoms with E-state index in [-0.39, 0.29) is 17.4 Å². The summed E-state index contributed by atoms with van der Waals surface area (Å²) in [6, 6.07) is 7.84. The van der Waals surface area contributed by atoms with E-state index in [2.05, 4.69) is 20.9 Å². The molecule has 32 heavy (non-hydrogen) atoms. The number of nitrogens with zero attached hydrogens (tertiary/aromatic N) is 2. The highest BCUT2D eigenvalue weighted by atomic mass is 19.1. The number of carbonyl (C=O) groups excluding carboxylic acids is 2. The molecule has 0 bridgehead atoms. The molecule has 0 unspecified atom stereocenters. The van der Waals surface area contributed by atoms with Crippen molar-refractivity contribution in [1.29, 1.82) is 0 Å². The summed E-state index contributed by atoms with van der Waals surface area (Å²) >= 11 is 0. The Balaban J connectivity index is 0.000000244. The summed E-state index contributed by atoms with van der Waals surface area (Å²) in [5.41, 5.74) is 1.65. The number of benzene rings is 1. The summed E-state index contributed by atoms with van der Waals surface area (Å²) in [5, 5.41) is 8.23. The number of piperazine rings is 1. The van der Waals surface area contributed by atoms with Gasteiger partial charge in [-0.3, -0.25) is 4.98 Å². The minimum absolute atomic E-state index is 0.151. The van der Waals surface area contributed by atoms with Crippen LogP contribution in [0.4, 0.5) is 25.4 Å². The second-order valence-corrected chi connectivity index (χ2v) is 8.42. The molecule has 1 fully saturated rings. The lowest BCUT2D eigenvalue weighted by atomic mass is 10.2. The summed E-state index contributed by atoms with van der Waals surface area (Å²) in [6.45, 7) is 12.4. The second kappa shape index (κ2) is 11.4. The molecule has 3 amide bonds. The number of urea groups is 1. The van der Waals surface area contributed by atoms with Gasteiger partial charge in [-0.05, 0) is 58.4 Å². The number of ether oxygens (including phenoxy) is 1. The Morgan fingerprint density at radius 2 is 1.78 bits per heavy atom. The van der Waals surface area contributed by atoms with E-state index in [9.17, 15) is 14.0 Å². The molecule has 0 aliphatic carbocycles. The predicted molar refractivity (Wildman–Crippen MR) is 123 cm³/mol. The fourth-order valence-corrected chi connectivity index (χ4v) is 2.74. The Labute approximate surface area is 188 Å². The molecular formula is C23H32FN5O3. The van der Waals surface area contributed by atoms with E-state index in [0.29, 0.717) is 11.3 Å². The number of carbonyl (C=O) groups is 2. The molecule has 2 aromatic rings. The molecule has 2 heterocycles. The first-order chi connectivity index (χ1) is 15.0. The smallest absolute Gasteiger partial charge is 0.410 e. The van der Waals surface area contributed by atoms with Crippen LogP contribution < -0.4 is 16.0 Å². The third kappa shape index (κ3) is 8.50. The third-order valence-electron chi connectivity index (χ3n) is 4.38. The number of nitrogens with one attached hydrogen (secondary N) is 3. The predicted octanol–water partition coefficient (Wildman–Crippen LogP) is 4.31. The third-order valence-corrected chi connectivity index (χ3v) is 4.38. The number of halogens is 1. The summed E-state index contributed by atoms with van der Waals surface area (Å²) < 4.78 is 18.9. The molecule has 8 nitrogen and oxygen atoms in total. The molecule has 0 atom stereocenters. The lowest BCUT2D eigenvalue weighted by Crippen LogP contribution is -2.48. The largest absolute Gasteiger partial charge is 0.444 e. The maximum Gasteiger partial charge on any atom is 0.410 e. The van der Waals surface area contributed by atoms with Crippen molar-refractivity contribution in [3.63, 3.8) is 0 Å². The highest BCUT2D eigenvalue weighted by Gasteiger charge is 2.22. The van der Waals surface area contributed by atoms with Crippen LogP contribution in [0.1, 0.15) is 32.0 Å². The van der Waals surface area contributed by atoms with Gasteiger partial charge in [0.05, 0.1) is 17.6 Å². The fourth-order valence-electron chi connectivity index (χ4n) is 2.74. The normalized spacial score (nSPS) is 13.5. The van der Waals surface area contributed by atoms with E-state index in [4.69, 9.17) is 4.74 Å². The van der Waals surface area contributed by atoms with Gasteiger partial charge in [0.15, 0.2) is 0 Å². The Hall–Kier alpha value is -3.20. The van der Waals surface area contributed by atoms with E-state index < -0.39 is 11.8 Å². The molecular weight excluding hydrogens is 413 g/mol. The van der Waals surface area contributed by atoms with Crippen LogP contribution in [0.5, 0.6) is 0 Å². The Morgan fingerprint density at radius 1 is 1.09 bits per heavy atom. The highest BCUT2D eigenvalue weighted by molar-refractivity contribution is 5.99. The number of amides is 3. The quantitative estimate of drug-likeness (QED) is 0.640. The molecule has 174 valence electrons. The number of hydrogen-bond acceptors (Lipinski definition) is 5. The molecule has 0 radical (unpaired) electrons. The lowest BCUT2D eigenvalue weighted by molar-refractivity contribution is 0.0229. The van der Waals surface area contributed by atoms with Crippen molar-refractivity contribution >= 4 is 23.5 Å². The zero-order chi connectivity index (χ0) is 23.7. The SMILES string of the molecule is CC(C)(C)OC(=O)N1CCNCC1.Cc1ccc(NC(=O)Nc2cccc(C)c2F)cn1. The molecule has 1 saturated heterocycles. The van der Waals surface area contributed by atoms with Crippen LogP contribution in [-0.4, -0.2) is 53.8 Å². The first-order valence-electron chi connectivity index (χ1n) is 10.5. The number of rotatable bonds is 2. The first-order valence-corrected chi connectivity index (χ1v) is 10.5. The van der Waals surface area contributed by atoms with Gasteiger partial charge < -0.3 is 25.6 Å². The van der Waals surface area contributed by atoms with Gasteiger partial charge in [-0.2, -0.15) is 0 Å². The summed E-state index contributed by atoms with van der Waals surface area (Å²) in [4.78, 5) is 29.0. The number of anilines is 2. The average Bonchev–Trinajstić information content (AvgIpc) is 2.73. The van der Waals surface area contributed by atoms with E-state index in [1.165, 1.54) is 6.07 Å². The second-order valence-electron chi connectivity index (χ2n) is 8.42. The van der Waals surface area contributed by atoms with Crippen molar-refractivity contribution in [2.45, 2.75) is 40.2 Å². The van der Waals surface area contributed by atoms with Gasteiger partial charge in [-0.1, -0.05) is 12.1 Å². The van der Waals surface area contributed by atoms with Crippen molar-refractivity contribution in [2.75, 3.05) is 36.8 Å². The first kappa shape index (κ1) is 25.1. The molecule has 9 heteroatoms. The molecule has 1 aliphatic rings. The van der Waals surface area contributed by atoms with E-state index in [1.807, 2.05) is 27.7 Å². The van der Waals surface area contributed by atoms with Crippen LogP contribution in [0.2, 0.25) is 0 Å². The van der Waals surface area contributed by atoms with Crippen LogP contribution in [0.25, 0.3) is 0 Å². The molecule has 1 aliphatic heterocycles. The fraction of sp³-hybridized carbons (Fsp3) is 0.435. The average molecular weight is 446 g/mol.